The number of nitrogens with one attached hydrogen (secondary N) is 1. The smallest absolute Gasteiger partial charge is 0.435 e. The van der Waals surface area contributed by atoms with Crippen molar-refractivity contribution in [2.75, 3.05) is 11.9 Å². The number of esters is 1. The molecule has 36 heavy (non-hydrogen) atoms. The number of hydrogen-bond acceptors (Lipinski definition) is 7. The molecule has 0 bridgehead atoms. The molecular formula is C24H28F3N5O4. The highest BCUT2D eigenvalue weighted by atomic mass is 19.4. The summed E-state index contributed by atoms with van der Waals surface area (Å²) in [6.45, 7) is 3.35. The van der Waals surface area contributed by atoms with Gasteiger partial charge in [0.05, 0.1) is 35.1 Å². The van der Waals surface area contributed by atoms with Gasteiger partial charge in [-0.3, -0.25) is 14.4 Å². The highest BCUT2D eigenvalue weighted by Gasteiger charge is 2.45. The number of ketones is 1. The molecule has 1 amide bonds. The molecule has 1 aromatic heterocycles. The third-order valence-electron chi connectivity index (χ3n) is 6.57. The zero-order valence-corrected chi connectivity index (χ0v) is 19.9. The Hall–Kier alpha value is -3.41. The number of anilines is 1. The molecule has 4 rings (SSSR count). The van der Waals surface area contributed by atoms with Gasteiger partial charge in [-0.25, -0.2) is 4.68 Å². The number of carbonyl (C=O) groups excluding carboxylic acids is 3. The molecule has 2 unspecified atom stereocenters. The summed E-state index contributed by atoms with van der Waals surface area (Å²) in [7, 11) is 0. The maximum absolute atomic E-state index is 13.8. The van der Waals surface area contributed by atoms with Crippen LogP contribution in [-0.4, -0.2) is 46.1 Å². The number of amides is 1. The van der Waals surface area contributed by atoms with Crippen molar-refractivity contribution in [1.29, 1.82) is 0 Å². The average molecular weight is 508 g/mol. The Morgan fingerprint density at radius 3 is 2.61 bits per heavy atom. The topological polar surface area (TPSA) is 142 Å². The molecule has 9 nitrogen and oxygen atoms in total. The number of carbonyl (C=O) groups is 3. The minimum Gasteiger partial charge on any atom is -0.459 e. The fraction of sp³-hybridized carbons (Fsp3) is 0.500. The number of nitrogens with two attached hydrogens (primary N) is 2. The van der Waals surface area contributed by atoms with Crippen LogP contribution in [-0.2, 0) is 22.1 Å². The van der Waals surface area contributed by atoms with Crippen LogP contribution in [0.25, 0.3) is 5.69 Å². The quantitative estimate of drug-likeness (QED) is 0.510. The van der Waals surface area contributed by atoms with E-state index in [9.17, 15) is 27.6 Å². The van der Waals surface area contributed by atoms with Crippen LogP contribution < -0.4 is 16.8 Å². The molecule has 1 heterocycles. The molecule has 1 fully saturated rings. The Morgan fingerprint density at radius 1 is 1.25 bits per heavy atom. The molecule has 2 aliphatic carbocycles. The summed E-state index contributed by atoms with van der Waals surface area (Å²) in [5.74, 6) is -1.91. The first kappa shape index (κ1) is 25.7. The molecule has 2 aliphatic rings. The van der Waals surface area contributed by atoms with Crippen LogP contribution in [0, 0.1) is 5.41 Å². The van der Waals surface area contributed by atoms with Crippen molar-refractivity contribution >= 4 is 23.3 Å². The molecule has 2 atom stereocenters. The van der Waals surface area contributed by atoms with E-state index in [4.69, 9.17) is 16.2 Å². The molecule has 2 aromatic rings. The van der Waals surface area contributed by atoms with Crippen molar-refractivity contribution in [3.05, 3.63) is 40.7 Å². The summed E-state index contributed by atoms with van der Waals surface area (Å²) in [5, 5.41) is 6.98. The van der Waals surface area contributed by atoms with Gasteiger partial charge in [-0.2, -0.15) is 18.3 Å². The van der Waals surface area contributed by atoms with E-state index in [1.54, 1.807) is 0 Å². The third-order valence-corrected chi connectivity index (χ3v) is 6.57. The van der Waals surface area contributed by atoms with Crippen molar-refractivity contribution in [3.63, 3.8) is 0 Å². The van der Waals surface area contributed by atoms with Crippen LogP contribution in [0.3, 0.4) is 0 Å². The number of nitrogens with zero attached hydrogens (tertiary/aromatic N) is 2. The minimum atomic E-state index is -4.81. The Morgan fingerprint density at radius 2 is 1.97 bits per heavy atom. The predicted octanol–water partition coefficient (Wildman–Crippen LogP) is 2.98. The van der Waals surface area contributed by atoms with Crippen LogP contribution in [0.4, 0.5) is 18.9 Å². The second-order valence-electron chi connectivity index (χ2n) is 10.0. The summed E-state index contributed by atoms with van der Waals surface area (Å²) in [4.78, 5) is 36.5. The Kier molecular flexibility index (Phi) is 6.58. The maximum atomic E-state index is 13.8. The van der Waals surface area contributed by atoms with E-state index in [1.165, 1.54) is 18.2 Å². The van der Waals surface area contributed by atoms with Crippen molar-refractivity contribution in [2.24, 2.45) is 16.9 Å². The van der Waals surface area contributed by atoms with Crippen molar-refractivity contribution in [2.45, 2.75) is 64.3 Å². The van der Waals surface area contributed by atoms with Crippen LogP contribution >= 0.6 is 0 Å². The number of Topliss-reactive ketones (excluding diaryl/α,β-unsaturated/α-hetero) is 1. The lowest BCUT2D eigenvalue weighted by Gasteiger charge is -2.29. The van der Waals surface area contributed by atoms with Crippen LogP contribution in [0.15, 0.2) is 18.2 Å². The number of hydrogen-bond donors (Lipinski definition) is 3. The van der Waals surface area contributed by atoms with Gasteiger partial charge in [-0.05, 0) is 49.3 Å². The normalized spacial score (nSPS) is 21.2. The monoisotopic (exact) mass is 507 g/mol. The first-order valence-electron chi connectivity index (χ1n) is 11.6. The number of benzene rings is 1. The zero-order valence-electron chi connectivity index (χ0n) is 19.9. The van der Waals surface area contributed by atoms with Crippen LogP contribution in [0.2, 0.25) is 0 Å². The van der Waals surface area contributed by atoms with Gasteiger partial charge < -0.3 is 21.5 Å². The lowest BCUT2D eigenvalue weighted by Crippen LogP contribution is -2.35. The summed E-state index contributed by atoms with van der Waals surface area (Å²) >= 11 is 0. The van der Waals surface area contributed by atoms with E-state index in [0.29, 0.717) is 12.8 Å². The van der Waals surface area contributed by atoms with Gasteiger partial charge in [0.25, 0.3) is 5.91 Å². The summed E-state index contributed by atoms with van der Waals surface area (Å²) in [5.41, 5.74) is 9.46. The second kappa shape index (κ2) is 9.23. The molecule has 1 saturated carbocycles. The van der Waals surface area contributed by atoms with E-state index in [0.717, 1.165) is 11.1 Å². The van der Waals surface area contributed by atoms with E-state index in [2.05, 4.69) is 10.4 Å². The van der Waals surface area contributed by atoms with E-state index in [-0.39, 0.29) is 48.1 Å². The molecule has 1 aromatic carbocycles. The number of primary amides is 1. The van der Waals surface area contributed by atoms with Crippen molar-refractivity contribution in [3.8, 4) is 5.69 Å². The van der Waals surface area contributed by atoms with Gasteiger partial charge in [0, 0.05) is 12.1 Å². The highest BCUT2D eigenvalue weighted by Crippen LogP contribution is 2.42. The van der Waals surface area contributed by atoms with Gasteiger partial charge >= 0.3 is 12.1 Å². The number of ether oxygens (including phenoxy) is 1. The number of halogens is 3. The fourth-order valence-corrected chi connectivity index (χ4v) is 5.01. The van der Waals surface area contributed by atoms with Crippen molar-refractivity contribution in [1.82, 2.24) is 9.78 Å². The van der Waals surface area contributed by atoms with Crippen molar-refractivity contribution < 1.29 is 32.3 Å². The fourth-order valence-electron chi connectivity index (χ4n) is 5.01. The largest absolute Gasteiger partial charge is 0.459 e. The van der Waals surface area contributed by atoms with Crippen LogP contribution in [0.5, 0.6) is 0 Å². The van der Waals surface area contributed by atoms with Gasteiger partial charge in [0.1, 0.15) is 6.10 Å². The lowest BCUT2D eigenvalue weighted by atomic mass is 9.75. The lowest BCUT2D eigenvalue weighted by molar-refractivity contribution is -0.147. The van der Waals surface area contributed by atoms with Gasteiger partial charge in [-0.1, -0.05) is 13.8 Å². The highest BCUT2D eigenvalue weighted by molar-refractivity contribution is 6.00. The number of fused-ring (bicyclic) bond motifs is 1. The number of rotatable bonds is 6. The molecule has 0 saturated heterocycles. The van der Waals surface area contributed by atoms with Gasteiger partial charge in [0.15, 0.2) is 11.5 Å². The minimum absolute atomic E-state index is 0.0211. The number of aromatic nitrogens is 2. The number of alkyl halides is 3. The van der Waals surface area contributed by atoms with E-state index < -0.39 is 46.6 Å². The molecule has 0 aliphatic heterocycles. The summed E-state index contributed by atoms with van der Waals surface area (Å²) in [6.07, 6.45) is -3.14. The van der Waals surface area contributed by atoms with E-state index in [1.807, 2.05) is 13.8 Å². The SMILES string of the molecule is CC1(C)CC(=O)c2c(C(F)(F)F)nn(-c3ccc(C(N)=O)c(NC4CCCC4OC(=O)CN)c3)c2C1. The average Bonchev–Trinajstić information content (AvgIpc) is 3.37. The predicted molar refractivity (Wildman–Crippen MR) is 124 cm³/mol. The first-order valence-corrected chi connectivity index (χ1v) is 11.6. The Balaban J connectivity index is 1.78. The third kappa shape index (κ3) is 4.95. The first-order chi connectivity index (χ1) is 16.8. The molecule has 12 heteroatoms. The zero-order chi connectivity index (χ0) is 26.4. The van der Waals surface area contributed by atoms with Gasteiger partial charge in [0.2, 0.25) is 0 Å². The Bertz CT molecular complexity index is 1220. The van der Waals surface area contributed by atoms with E-state index >= 15 is 0 Å². The van der Waals surface area contributed by atoms with Crippen LogP contribution in [0.1, 0.15) is 71.6 Å². The second-order valence-corrected chi connectivity index (χ2v) is 10.0. The molecular weight excluding hydrogens is 479 g/mol. The van der Waals surface area contributed by atoms with Gasteiger partial charge in [-0.15, -0.1) is 0 Å². The molecule has 0 spiro atoms. The molecule has 194 valence electrons. The standard InChI is InChI=1S/C24H28F3N5O4/c1-23(2)9-16-20(17(33)10-23)21(24(25,26)27)31-32(16)12-6-7-13(22(29)35)15(8-12)30-14-4-3-5-18(14)36-19(34)11-28/h6-8,14,18,30H,3-5,9-11,28H2,1-2H3,(H2,29,35). The summed E-state index contributed by atoms with van der Waals surface area (Å²) < 4.78 is 48.0. The molecule has 0 radical (unpaired) electrons. The maximum Gasteiger partial charge on any atom is 0.435 e. The summed E-state index contributed by atoms with van der Waals surface area (Å²) in [6, 6.07) is 3.95. The Labute approximate surface area is 205 Å². The molecule has 5 N–H and O–H groups in total.